The minimum absolute atomic E-state index is 0.0338. The van der Waals surface area contributed by atoms with E-state index >= 15 is 0 Å². The zero-order valence-electron chi connectivity index (χ0n) is 17.0. The Balaban J connectivity index is 2.24. The summed E-state index contributed by atoms with van der Waals surface area (Å²) in [5.74, 6) is -1.27. The fourth-order valence-electron chi connectivity index (χ4n) is 2.76. The third-order valence-electron chi connectivity index (χ3n) is 4.48. The molecule has 0 aliphatic carbocycles. The van der Waals surface area contributed by atoms with Gasteiger partial charge in [-0.25, -0.2) is 17.4 Å². The Labute approximate surface area is 180 Å². The number of sulfonamides is 1. The van der Waals surface area contributed by atoms with Crippen LogP contribution in [0.5, 0.6) is 0 Å². The van der Waals surface area contributed by atoms with E-state index in [2.05, 4.69) is 10.4 Å². The van der Waals surface area contributed by atoms with E-state index in [0.29, 0.717) is 18.3 Å². The molecule has 0 fully saturated rings. The van der Waals surface area contributed by atoms with Gasteiger partial charge in [-0.05, 0) is 31.5 Å². The van der Waals surface area contributed by atoms with E-state index in [1.54, 1.807) is 0 Å². The fraction of sp³-hybridized carbons (Fsp3) is 0.444. The van der Waals surface area contributed by atoms with Crippen LogP contribution in [-0.2, 0) is 22.4 Å². The summed E-state index contributed by atoms with van der Waals surface area (Å²) in [5.41, 5.74) is -4.09. The summed E-state index contributed by atoms with van der Waals surface area (Å²) in [6.45, 7) is 1.36. The SMILES string of the molecule is CCS(=O)(=O)N(C)CCCNC(=O)c1cnn(-c2cccc(C(F)(F)F)c2)c1C(F)(F)F. The van der Waals surface area contributed by atoms with Crippen LogP contribution in [0, 0.1) is 0 Å². The number of nitrogens with zero attached hydrogens (tertiary/aromatic N) is 3. The average molecular weight is 486 g/mol. The van der Waals surface area contributed by atoms with Crippen molar-refractivity contribution in [1.29, 1.82) is 0 Å². The van der Waals surface area contributed by atoms with E-state index in [-0.39, 0.29) is 29.9 Å². The first-order valence-corrected chi connectivity index (χ1v) is 10.8. The van der Waals surface area contributed by atoms with Crippen molar-refractivity contribution < 1.29 is 39.6 Å². The number of alkyl halides is 6. The average Bonchev–Trinajstić information content (AvgIpc) is 3.16. The van der Waals surface area contributed by atoms with Crippen molar-refractivity contribution in [1.82, 2.24) is 19.4 Å². The van der Waals surface area contributed by atoms with Crippen molar-refractivity contribution in [3.8, 4) is 5.69 Å². The van der Waals surface area contributed by atoms with Gasteiger partial charge in [0.25, 0.3) is 5.91 Å². The van der Waals surface area contributed by atoms with Gasteiger partial charge in [-0.2, -0.15) is 31.4 Å². The van der Waals surface area contributed by atoms with Crippen LogP contribution in [0.1, 0.15) is 35.0 Å². The van der Waals surface area contributed by atoms with E-state index < -0.39 is 50.8 Å². The summed E-state index contributed by atoms with van der Waals surface area (Å²) in [6.07, 6.45) is -9.12. The predicted octanol–water partition coefficient (Wildman–Crippen LogP) is 3.31. The molecule has 0 atom stereocenters. The molecule has 178 valence electrons. The number of benzene rings is 1. The lowest BCUT2D eigenvalue weighted by atomic mass is 10.1. The summed E-state index contributed by atoms with van der Waals surface area (Å²) < 4.78 is 104. The summed E-state index contributed by atoms with van der Waals surface area (Å²) in [6, 6.07) is 3.13. The van der Waals surface area contributed by atoms with Crippen LogP contribution >= 0.6 is 0 Å². The maximum absolute atomic E-state index is 13.7. The third-order valence-corrected chi connectivity index (χ3v) is 6.34. The zero-order chi connectivity index (χ0) is 24.3. The molecule has 2 aromatic rings. The number of carbonyl (C=O) groups excluding carboxylic acids is 1. The summed E-state index contributed by atoms with van der Waals surface area (Å²) in [4.78, 5) is 12.3. The van der Waals surface area contributed by atoms with Crippen LogP contribution in [0.3, 0.4) is 0 Å². The smallest absolute Gasteiger partial charge is 0.352 e. The lowest BCUT2D eigenvalue weighted by molar-refractivity contribution is -0.143. The zero-order valence-corrected chi connectivity index (χ0v) is 17.8. The molecule has 1 aromatic heterocycles. The van der Waals surface area contributed by atoms with Crippen molar-refractivity contribution in [2.45, 2.75) is 25.7 Å². The normalized spacial score (nSPS) is 12.9. The van der Waals surface area contributed by atoms with Gasteiger partial charge in [-0.3, -0.25) is 4.79 Å². The Hall–Kier alpha value is -2.61. The Morgan fingerprint density at radius 2 is 1.81 bits per heavy atom. The Kier molecular flexibility index (Phi) is 7.60. The van der Waals surface area contributed by atoms with E-state index in [9.17, 15) is 39.6 Å². The molecule has 1 amide bonds. The fourth-order valence-corrected chi connectivity index (χ4v) is 3.60. The van der Waals surface area contributed by atoms with Gasteiger partial charge in [0.1, 0.15) is 0 Å². The van der Waals surface area contributed by atoms with Crippen LogP contribution in [-0.4, -0.2) is 54.3 Å². The molecule has 0 unspecified atom stereocenters. The third kappa shape index (κ3) is 6.00. The highest BCUT2D eigenvalue weighted by atomic mass is 32.2. The number of hydrogen-bond acceptors (Lipinski definition) is 4. The topological polar surface area (TPSA) is 84.3 Å². The first-order chi connectivity index (χ1) is 14.7. The second-order valence-electron chi connectivity index (χ2n) is 6.70. The number of aromatic nitrogens is 2. The molecule has 1 heterocycles. The number of rotatable bonds is 8. The first kappa shape index (κ1) is 25.6. The van der Waals surface area contributed by atoms with Crippen molar-refractivity contribution in [2.24, 2.45) is 0 Å². The van der Waals surface area contributed by atoms with Crippen LogP contribution in [0.4, 0.5) is 26.3 Å². The lowest BCUT2D eigenvalue weighted by Crippen LogP contribution is -2.33. The monoisotopic (exact) mass is 486 g/mol. The van der Waals surface area contributed by atoms with Crippen LogP contribution in [0.15, 0.2) is 30.5 Å². The minimum atomic E-state index is -5.09. The van der Waals surface area contributed by atoms with E-state index in [1.807, 2.05) is 0 Å². The molecule has 2 rings (SSSR count). The highest BCUT2D eigenvalue weighted by Gasteiger charge is 2.41. The molecule has 0 aliphatic heterocycles. The molecule has 0 aliphatic rings. The second kappa shape index (κ2) is 9.48. The van der Waals surface area contributed by atoms with Gasteiger partial charge in [0, 0.05) is 20.1 Å². The van der Waals surface area contributed by atoms with Crippen molar-refractivity contribution in [3.63, 3.8) is 0 Å². The molecule has 7 nitrogen and oxygen atoms in total. The van der Waals surface area contributed by atoms with E-state index in [4.69, 9.17) is 0 Å². The molecule has 0 saturated heterocycles. The summed E-state index contributed by atoms with van der Waals surface area (Å²) in [5, 5.41) is 5.72. The molecule has 0 bridgehead atoms. The molecule has 1 N–H and O–H groups in total. The molecule has 0 radical (unpaired) electrons. The van der Waals surface area contributed by atoms with Gasteiger partial charge >= 0.3 is 12.4 Å². The van der Waals surface area contributed by atoms with Crippen LogP contribution in [0.25, 0.3) is 5.69 Å². The summed E-state index contributed by atoms with van der Waals surface area (Å²) >= 11 is 0. The second-order valence-corrected chi connectivity index (χ2v) is 9.06. The van der Waals surface area contributed by atoms with Gasteiger partial charge in [0.2, 0.25) is 10.0 Å². The molecule has 1 aromatic carbocycles. The molecular formula is C18H20F6N4O3S. The molecule has 0 saturated carbocycles. The van der Waals surface area contributed by atoms with Crippen molar-refractivity contribution in [3.05, 3.63) is 47.3 Å². The van der Waals surface area contributed by atoms with E-state index in [0.717, 1.165) is 16.4 Å². The van der Waals surface area contributed by atoms with Gasteiger partial charge in [-0.15, -0.1) is 0 Å². The molecule has 14 heteroatoms. The Morgan fingerprint density at radius 1 is 1.16 bits per heavy atom. The van der Waals surface area contributed by atoms with Gasteiger partial charge < -0.3 is 5.32 Å². The Morgan fingerprint density at radius 3 is 2.38 bits per heavy atom. The quantitative estimate of drug-likeness (QED) is 0.459. The van der Waals surface area contributed by atoms with Crippen molar-refractivity contribution >= 4 is 15.9 Å². The maximum Gasteiger partial charge on any atom is 0.434 e. The minimum Gasteiger partial charge on any atom is -0.352 e. The highest BCUT2D eigenvalue weighted by Crippen LogP contribution is 2.35. The molecular weight excluding hydrogens is 466 g/mol. The van der Waals surface area contributed by atoms with E-state index in [1.165, 1.54) is 14.0 Å². The number of halogens is 6. The maximum atomic E-state index is 13.7. The van der Waals surface area contributed by atoms with Crippen LogP contribution < -0.4 is 5.32 Å². The van der Waals surface area contributed by atoms with Gasteiger partial charge in [0.15, 0.2) is 5.69 Å². The molecule has 32 heavy (non-hydrogen) atoms. The number of hydrogen-bond donors (Lipinski definition) is 1. The van der Waals surface area contributed by atoms with Crippen LogP contribution in [0.2, 0.25) is 0 Å². The molecule has 0 spiro atoms. The predicted molar refractivity (Wildman–Crippen MR) is 103 cm³/mol. The largest absolute Gasteiger partial charge is 0.434 e. The number of nitrogens with one attached hydrogen (secondary N) is 1. The van der Waals surface area contributed by atoms with Gasteiger partial charge in [0.05, 0.1) is 28.8 Å². The highest BCUT2D eigenvalue weighted by molar-refractivity contribution is 7.89. The lowest BCUT2D eigenvalue weighted by Gasteiger charge is -2.16. The number of amides is 1. The summed E-state index contributed by atoms with van der Waals surface area (Å²) in [7, 11) is -2.11. The first-order valence-electron chi connectivity index (χ1n) is 9.23. The van der Waals surface area contributed by atoms with Gasteiger partial charge in [-0.1, -0.05) is 6.07 Å². The number of carbonyl (C=O) groups is 1. The Bertz CT molecular complexity index is 1060. The van der Waals surface area contributed by atoms with Crippen molar-refractivity contribution in [2.75, 3.05) is 25.9 Å². The standard InChI is InChI=1S/C18H20F6N4O3S/c1-3-32(30,31)27(2)9-5-8-25-16(29)14-11-26-28(15(14)18(22,23)24)13-7-4-6-12(10-13)17(19,20)21/h4,6-7,10-11H,3,5,8-9H2,1-2H3,(H,25,29).